The Labute approximate surface area is 163 Å². The number of nitrogens with one attached hydrogen (secondary N) is 1. The average molecular weight is 373 g/mol. The number of rotatable bonds is 5. The molecule has 142 valence electrons. The number of amides is 1. The standard InChI is InChI=1S/C22H23N5O/c1-15(2)20(21-23-11-12-26(21)3)25-22(28)17-9-10-19-24-18(14-27(19)13-17)16-7-5-4-6-8-16/h4-15,20H,1-3H3,(H,25,28)/t20-/m1/s1. The smallest absolute Gasteiger partial charge is 0.253 e. The van der Waals surface area contributed by atoms with Crippen LogP contribution in [0.1, 0.15) is 36.1 Å². The molecule has 28 heavy (non-hydrogen) atoms. The molecule has 1 atom stereocenters. The number of hydrogen-bond acceptors (Lipinski definition) is 3. The SMILES string of the molecule is CC(C)[C@@H](NC(=O)c1ccc2nc(-c3ccccc3)cn2c1)c1nccn1C. The Bertz CT molecular complexity index is 1110. The number of carbonyl (C=O) groups excluding carboxylic acids is 1. The van der Waals surface area contributed by atoms with E-state index in [1.165, 1.54) is 0 Å². The van der Waals surface area contributed by atoms with E-state index in [4.69, 9.17) is 0 Å². The molecule has 3 heterocycles. The first-order valence-corrected chi connectivity index (χ1v) is 9.35. The summed E-state index contributed by atoms with van der Waals surface area (Å²) in [5, 5.41) is 3.12. The van der Waals surface area contributed by atoms with Crippen molar-refractivity contribution in [2.75, 3.05) is 0 Å². The van der Waals surface area contributed by atoms with Gasteiger partial charge in [0, 0.05) is 37.4 Å². The van der Waals surface area contributed by atoms with Gasteiger partial charge in [-0.15, -0.1) is 0 Å². The lowest BCUT2D eigenvalue weighted by Gasteiger charge is -2.22. The monoisotopic (exact) mass is 373 g/mol. The number of imidazole rings is 2. The molecule has 0 unspecified atom stereocenters. The highest BCUT2D eigenvalue weighted by atomic mass is 16.1. The molecule has 3 aromatic heterocycles. The Morgan fingerprint density at radius 1 is 1.07 bits per heavy atom. The Hall–Kier alpha value is -3.41. The maximum atomic E-state index is 12.9. The van der Waals surface area contributed by atoms with Crippen molar-refractivity contribution in [1.29, 1.82) is 0 Å². The number of aromatic nitrogens is 4. The topological polar surface area (TPSA) is 64.2 Å². The van der Waals surface area contributed by atoms with Crippen molar-refractivity contribution >= 4 is 11.6 Å². The van der Waals surface area contributed by atoms with Crippen LogP contribution in [0.4, 0.5) is 0 Å². The van der Waals surface area contributed by atoms with Crippen molar-refractivity contribution < 1.29 is 4.79 Å². The molecular formula is C22H23N5O. The molecule has 4 aromatic rings. The fourth-order valence-electron chi connectivity index (χ4n) is 3.30. The minimum Gasteiger partial charge on any atom is -0.342 e. The summed E-state index contributed by atoms with van der Waals surface area (Å²) in [5.41, 5.74) is 3.32. The van der Waals surface area contributed by atoms with E-state index in [1.807, 2.05) is 77.1 Å². The second kappa shape index (κ2) is 7.31. The van der Waals surface area contributed by atoms with Crippen molar-refractivity contribution in [2.45, 2.75) is 19.9 Å². The van der Waals surface area contributed by atoms with E-state index in [9.17, 15) is 4.79 Å². The summed E-state index contributed by atoms with van der Waals surface area (Å²) in [6, 6.07) is 13.5. The molecule has 0 aliphatic rings. The second-order valence-corrected chi connectivity index (χ2v) is 7.27. The highest BCUT2D eigenvalue weighted by molar-refractivity contribution is 5.94. The van der Waals surface area contributed by atoms with Crippen LogP contribution in [-0.4, -0.2) is 24.8 Å². The van der Waals surface area contributed by atoms with Gasteiger partial charge in [-0.3, -0.25) is 4.79 Å². The zero-order valence-electron chi connectivity index (χ0n) is 16.2. The van der Waals surface area contributed by atoms with E-state index < -0.39 is 0 Å². The number of benzene rings is 1. The number of carbonyl (C=O) groups is 1. The third kappa shape index (κ3) is 3.41. The summed E-state index contributed by atoms with van der Waals surface area (Å²) in [6.07, 6.45) is 7.40. The zero-order valence-corrected chi connectivity index (χ0v) is 16.2. The lowest BCUT2D eigenvalue weighted by atomic mass is 10.0. The van der Waals surface area contributed by atoms with Crippen molar-refractivity contribution in [2.24, 2.45) is 13.0 Å². The Balaban J connectivity index is 1.61. The van der Waals surface area contributed by atoms with Gasteiger partial charge in [0.15, 0.2) is 0 Å². The number of fused-ring (bicyclic) bond motifs is 1. The molecule has 0 saturated heterocycles. The van der Waals surface area contributed by atoms with Crippen LogP contribution >= 0.6 is 0 Å². The first-order valence-electron chi connectivity index (χ1n) is 9.35. The fraction of sp³-hybridized carbons (Fsp3) is 0.227. The summed E-state index contributed by atoms with van der Waals surface area (Å²) in [5.74, 6) is 0.934. The number of nitrogens with zero attached hydrogens (tertiary/aromatic N) is 4. The van der Waals surface area contributed by atoms with Gasteiger partial charge in [-0.1, -0.05) is 44.2 Å². The molecule has 1 N–H and O–H groups in total. The van der Waals surface area contributed by atoms with Crippen LogP contribution in [0.3, 0.4) is 0 Å². The zero-order chi connectivity index (χ0) is 19.7. The molecule has 0 spiro atoms. The van der Waals surface area contributed by atoms with Gasteiger partial charge < -0.3 is 14.3 Å². The van der Waals surface area contributed by atoms with E-state index in [-0.39, 0.29) is 17.9 Å². The maximum Gasteiger partial charge on any atom is 0.253 e. The molecule has 1 amide bonds. The minimum absolute atomic E-state index is 0.126. The summed E-state index contributed by atoms with van der Waals surface area (Å²) >= 11 is 0. The highest BCUT2D eigenvalue weighted by Crippen LogP contribution is 2.22. The highest BCUT2D eigenvalue weighted by Gasteiger charge is 2.22. The van der Waals surface area contributed by atoms with E-state index in [1.54, 1.807) is 6.20 Å². The summed E-state index contributed by atoms with van der Waals surface area (Å²) < 4.78 is 3.83. The first kappa shape index (κ1) is 18.0. The van der Waals surface area contributed by atoms with Gasteiger partial charge in [0.2, 0.25) is 0 Å². The van der Waals surface area contributed by atoms with Gasteiger partial charge in [-0.05, 0) is 18.1 Å². The van der Waals surface area contributed by atoms with Crippen LogP contribution in [0.25, 0.3) is 16.9 Å². The average Bonchev–Trinajstić information content (AvgIpc) is 3.31. The quantitative estimate of drug-likeness (QED) is 0.578. The van der Waals surface area contributed by atoms with Crippen LogP contribution < -0.4 is 5.32 Å². The van der Waals surface area contributed by atoms with Crippen LogP contribution in [0, 0.1) is 5.92 Å². The predicted molar refractivity (Wildman–Crippen MR) is 109 cm³/mol. The van der Waals surface area contributed by atoms with Gasteiger partial charge in [-0.25, -0.2) is 9.97 Å². The van der Waals surface area contributed by atoms with Crippen molar-refractivity contribution in [1.82, 2.24) is 24.3 Å². The van der Waals surface area contributed by atoms with E-state index in [0.717, 1.165) is 22.7 Å². The van der Waals surface area contributed by atoms with Gasteiger partial charge >= 0.3 is 0 Å². The summed E-state index contributed by atoms with van der Waals surface area (Å²) in [7, 11) is 1.94. The lowest BCUT2D eigenvalue weighted by Crippen LogP contribution is -2.33. The fourth-order valence-corrected chi connectivity index (χ4v) is 3.30. The van der Waals surface area contributed by atoms with Crippen molar-refractivity contribution in [3.05, 3.63) is 78.6 Å². The molecule has 4 rings (SSSR count). The lowest BCUT2D eigenvalue weighted by molar-refractivity contribution is 0.0922. The van der Waals surface area contributed by atoms with E-state index >= 15 is 0 Å². The van der Waals surface area contributed by atoms with E-state index in [0.29, 0.717) is 5.56 Å². The molecule has 0 bridgehead atoms. The molecule has 1 aromatic carbocycles. The Morgan fingerprint density at radius 3 is 2.54 bits per heavy atom. The molecule has 0 saturated carbocycles. The Kier molecular flexibility index (Phi) is 4.69. The molecule has 0 aliphatic carbocycles. The largest absolute Gasteiger partial charge is 0.342 e. The molecule has 6 heteroatoms. The molecule has 0 aliphatic heterocycles. The van der Waals surface area contributed by atoms with Crippen LogP contribution in [-0.2, 0) is 7.05 Å². The number of aryl methyl sites for hydroxylation is 1. The molecule has 0 fully saturated rings. The van der Waals surface area contributed by atoms with Gasteiger partial charge in [0.25, 0.3) is 5.91 Å². The first-order chi connectivity index (χ1) is 13.5. The van der Waals surface area contributed by atoms with Gasteiger partial charge in [0.05, 0.1) is 17.3 Å². The van der Waals surface area contributed by atoms with Crippen LogP contribution in [0.2, 0.25) is 0 Å². The van der Waals surface area contributed by atoms with E-state index in [2.05, 4.69) is 29.1 Å². The number of pyridine rings is 1. The van der Waals surface area contributed by atoms with Crippen molar-refractivity contribution in [3.8, 4) is 11.3 Å². The van der Waals surface area contributed by atoms with Crippen LogP contribution in [0.5, 0.6) is 0 Å². The van der Waals surface area contributed by atoms with Crippen LogP contribution in [0.15, 0.2) is 67.3 Å². The third-order valence-electron chi connectivity index (χ3n) is 4.87. The number of hydrogen-bond donors (Lipinski definition) is 1. The summed E-state index contributed by atoms with van der Waals surface area (Å²) in [6.45, 7) is 4.15. The maximum absolute atomic E-state index is 12.9. The van der Waals surface area contributed by atoms with Gasteiger partial charge in [-0.2, -0.15) is 0 Å². The third-order valence-corrected chi connectivity index (χ3v) is 4.87. The predicted octanol–water partition coefficient (Wildman–Crippen LogP) is 3.86. The Morgan fingerprint density at radius 2 is 1.86 bits per heavy atom. The molecule has 6 nitrogen and oxygen atoms in total. The minimum atomic E-state index is -0.161. The molecule has 0 radical (unpaired) electrons. The van der Waals surface area contributed by atoms with Crippen molar-refractivity contribution in [3.63, 3.8) is 0 Å². The molecular weight excluding hydrogens is 350 g/mol. The summed E-state index contributed by atoms with van der Waals surface area (Å²) in [4.78, 5) is 22.0. The van der Waals surface area contributed by atoms with Gasteiger partial charge in [0.1, 0.15) is 11.5 Å². The second-order valence-electron chi connectivity index (χ2n) is 7.27. The normalized spacial score (nSPS) is 12.4.